The maximum absolute atomic E-state index is 13.5. The molecule has 1 fully saturated rings. The van der Waals surface area contributed by atoms with Crippen LogP contribution in [0.4, 0.5) is 0 Å². The summed E-state index contributed by atoms with van der Waals surface area (Å²) in [5.41, 5.74) is 5.38. The van der Waals surface area contributed by atoms with Gasteiger partial charge in [0.1, 0.15) is 0 Å². The molecule has 2 heterocycles. The zero-order valence-corrected chi connectivity index (χ0v) is 25.3. The fraction of sp³-hybridized carbons (Fsp3) is 0.156. The molecular formula is C32H24N2O7W. The number of ether oxygens (including phenoxy) is 1. The summed E-state index contributed by atoms with van der Waals surface area (Å²) < 4.78 is 44.5. The third-order valence-electron chi connectivity index (χ3n) is 6.00. The summed E-state index contributed by atoms with van der Waals surface area (Å²) >= 11 is 1.26. The van der Waals surface area contributed by atoms with E-state index in [4.69, 9.17) is 28.0 Å². The second-order valence-electron chi connectivity index (χ2n) is 7.88. The Labute approximate surface area is 255 Å². The first-order chi connectivity index (χ1) is 20.7. The molecule has 1 saturated heterocycles. The molecule has 10 heteroatoms. The van der Waals surface area contributed by atoms with Crippen molar-refractivity contribution < 1.29 is 52.1 Å². The molecule has 0 radical (unpaired) electrons. The number of carbonyl (C=O) groups is 1. The normalized spacial score (nSPS) is 16.0. The molecule has 2 atom stereocenters. The summed E-state index contributed by atoms with van der Waals surface area (Å²) in [6.07, 6.45) is 0.456. The number of amides is 1. The zero-order chi connectivity index (χ0) is 32.1. The van der Waals surface area contributed by atoms with Gasteiger partial charge in [0.25, 0.3) is 0 Å². The Morgan fingerprint density at radius 1 is 0.762 bits per heavy atom. The van der Waals surface area contributed by atoms with Crippen molar-refractivity contribution in [2.45, 2.75) is 25.4 Å². The Balaban J connectivity index is 0.00000153. The van der Waals surface area contributed by atoms with Crippen LogP contribution in [0.3, 0.4) is 0 Å². The summed E-state index contributed by atoms with van der Waals surface area (Å²) in [5, 5.41) is 4.19. The van der Waals surface area contributed by atoms with E-state index >= 15 is 0 Å². The van der Waals surface area contributed by atoms with Gasteiger partial charge in [-0.2, -0.15) is 0 Å². The van der Waals surface area contributed by atoms with Gasteiger partial charge in [-0.15, -0.1) is 0 Å². The van der Waals surface area contributed by atoms with Crippen LogP contribution in [-0.2, 0) is 52.1 Å². The van der Waals surface area contributed by atoms with Crippen molar-refractivity contribution >= 4 is 15.7 Å². The van der Waals surface area contributed by atoms with Crippen molar-refractivity contribution in [3.05, 3.63) is 147 Å². The van der Waals surface area contributed by atoms with E-state index in [0.29, 0.717) is 13.0 Å². The molecule has 9 nitrogen and oxygen atoms in total. The van der Waals surface area contributed by atoms with Crippen LogP contribution in [0.1, 0.15) is 42.1 Å². The molecule has 0 N–H and O–H groups in total. The Morgan fingerprint density at radius 2 is 1.19 bits per heavy atom. The van der Waals surface area contributed by atoms with Gasteiger partial charge in [0.15, 0.2) is 0 Å². The van der Waals surface area contributed by atoms with Crippen molar-refractivity contribution in [3.8, 4) is 0 Å². The second kappa shape index (κ2) is 21.7. The number of hydrogen-bond acceptors (Lipinski definition) is 3. The van der Waals surface area contributed by atoms with E-state index in [0.717, 1.165) is 32.0 Å². The third kappa shape index (κ3) is 8.77. The third-order valence-corrected chi connectivity index (χ3v) is 7.22. The molecule has 0 spiro atoms. The van der Waals surface area contributed by atoms with Crippen LogP contribution in [0, 0.1) is 33.3 Å². The van der Waals surface area contributed by atoms with Crippen molar-refractivity contribution in [2.75, 3.05) is 6.61 Å². The summed E-state index contributed by atoms with van der Waals surface area (Å²) in [6.45, 7) is 25.1. The van der Waals surface area contributed by atoms with Crippen LogP contribution in [0.25, 0.3) is 5.70 Å². The molecular weight excluding hydrogens is 708 g/mol. The molecule has 210 valence electrons. The molecule has 3 aromatic rings. The van der Waals surface area contributed by atoms with Crippen LogP contribution in [0.15, 0.2) is 96.6 Å². The van der Waals surface area contributed by atoms with Gasteiger partial charge in [-0.1, -0.05) is 0 Å². The second-order valence-corrected chi connectivity index (χ2v) is 9.21. The predicted octanol–water partition coefficient (Wildman–Crippen LogP) is 4.87. The number of nitrogens with zero attached hydrogens (tertiary/aromatic N) is 2. The fourth-order valence-electron chi connectivity index (χ4n) is 4.72. The first-order valence-corrected chi connectivity index (χ1v) is 13.4. The molecule has 2 aliphatic rings. The molecule has 3 aromatic carbocycles. The molecule has 42 heavy (non-hydrogen) atoms. The first-order valence-electron chi connectivity index (χ1n) is 11.9. The average Bonchev–Trinajstić information content (AvgIpc) is 3.62. The summed E-state index contributed by atoms with van der Waals surface area (Å²) in [6, 6.07) is 30.9. The van der Waals surface area contributed by atoms with Gasteiger partial charge in [0.05, 0.1) is 0 Å². The number of carbonyl (C=O) groups excluding carboxylic acids is 1. The molecule has 0 unspecified atom stereocenters. The van der Waals surface area contributed by atoms with Gasteiger partial charge in [-0.25, -0.2) is 0 Å². The van der Waals surface area contributed by atoms with Gasteiger partial charge in [0.2, 0.25) is 0 Å². The standard InChI is InChI=1S/C27H24N2O2.5CO.W/c1-2-31-19-23-26(21-14-8-4-9-15-21)28-24(20-12-6-3-7-13-20)18-25(30)29(28)27(23)22-16-10-5-11-17-22;5*1-2;/h3-17,24,26H,2,18H2,1H3;;;;;;/t24-,26-;;;;;;/m0....../s1. The molecule has 0 bridgehead atoms. The van der Waals surface area contributed by atoms with E-state index in [9.17, 15) is 4.79 Å². The molecule has 5 rings (SSSR count). The monoisotopic (exact) mass is 732 g/mol. The Bertz CT molecular complexity index is 1360. The first kappa shape index (κ1) is 38.0. The number of fused-ring (bicyclic) bond motifs is 1. The zero-order valence-electron chi connectivity index (χ0n) is 22.4. The fourth-order valence-corrected chi connectivity index (χ4v) is 5.89. The van der Waals surface area contributed by atoms with E-state index in [1.54, 1.807) is 0 Å². The Morgan fingerprint density at radius 3 is 1.64 bits per heavy atom. The molecule has 0 aliphatic carbocycles. The predicted molar refractivity (Wildman–Crippen MR) is 141 cm³/mol. The van der Waals surface area contributed by atoms with Crippen LogP contribution in [0.5, 0.6) is 0 Å². The minimum absolute atomic E-state index is 0.0328. The molecule has 0 saturated carbocycles. The molecule has 1 amide bonds. The van der Waals surface area contributed by atoms with E-state index in [2.05, 4.69) is 86.8 Å². The number of hydrazine groups is 1. The van der Waals surface area contributed by atoms with Crippen molar-refractivity contribution in [3.63, 3.8) is 0 Å². The quantitative estimate of drug-likeness (QED) is 0.265. The van der Waals surface area contributed by atoms with E-state index < -0.39 is 0 Å². The average molecular weight is 732 g/mol. The SMILES string of the molecule is CCO[C](=[W])C1=C(c2ccccc2)N2C(=O)C[C@@H](c3ccccc3)N2[C@H]1c1ccccc1.[C-]#[O+].[C-]#[O+].[C-]#[O+].[C-]#[O+].[C-]#[O+]. The van der Waals surface area contributed by atoms with E-state index in [1.165, 1.54) is 19.4 Å². The van der Waals surface area contributed by atoms with E-state index in [-0.39, 0.29) is 18.0 Å². The molecule has 2 aliphatic heterocycles. The Kier molecular flexibility index (Phi) is 19.7. The van der Waals surface area contributed by atoms with Gasteiger partial charge in [-0.05, 0) is 0 Å². The van der Waals surface area contributed by atoms with E-state index in [1.807, 2.05) is 54.4 Å². The summed E-state index contributed by atoms with van der Waals surface area (Å²) in [5.74, 6) is 0.118. The van der Waals surface area contributed by atoms with Crippen molar-refractivity contribution in [2.24, 2.45) is 0 Å². The van der Waals surface area contributed by atoms with Gasteiger partial charge in [0, 0.05) is 0 Å². The van der Waals surface area contributed by atoms with Crippen molar-refractivity contribution in [1.29, 1.82) is 0 Å². The number of benzene rings is 3. The molecule has 0 aromatic heterocycles. The van der Waals surface area contributed by atoms with Crippen LogP contribution >= 0.6 is 0 Å². The van der Waals surface area contributed by atoms with Crippen molar-refractivity contribution in [1.82, 2.24) is 10.0 Å². The summed E-state index contributed by atoms with van der Waals surface area (Å²) in [7, 11) is 0. The van der Waals surface area contributed by atoms with Crippen LogP contribution < -0.4 is 0 Å². The maximum atomic E-state index is 13.5. The summed E-state index contributed by atoms with van der Waals surface area (Å²) in [4.78, 5) is 13.5. The Hall–Kier alpha value is -3.95. The van der Waals surface area contributed by atoms with Gasteiger partial charge >= 0.3 is 256 Å². The van der Waals surface area contributed by atoms with Crippen LogP contribution in [0.2, 0.25) is 0 Å². The van der Waals surface area contributed by atoms with Gasteiger partial charge in [-0.3, -0.25) is 0 Å². The number of hydrogen-bond donors (Lipinski definition) is 0. The minimum atomic E-state index is -0.0953. The number of rotatable bonds is 6. The topological polar surface area (TPSA) is 132 Å². The van der Waals surface area contributed by atoms with Gasteiger partial charge < -0.3 is 0 Å². The van der Waals surface area contributed by atoms with Crippen LogP contribution in [-0.4, -0.2) is 26.6 Å².